The van der Waals surface area contributed by atoms with Gasteiger partial charge in [0.05, 0.1) is 35.5 Å². The minimum Gasteiger partial charge on any atom is -0.272 e. The Balaban J connectivity index is 1.24. The molecule has 3 aromatic rings. The molecule has 1 saturated carbocycles. The van der Waals surface area contributed by atoms with Crippen LogP contribution in [0.15, 0.2) is 42.5 Å². The van der Waals surface area contributed by atoms with Crippen LogP contribution in [-0.4, -0.2) is 27.4 Å². The maximum Gasteiger partial charge on any atom is 0.249 e. The first-order valence-corrected chi connectivity index (χ1v) is 11.6. The average molecular weight is 447 g/mol. The van der Waals surface area contributed by atoms with Gasteiger partial charge in [-0.2, -0.15) is 10.4 Å². The monoisotopic (exact) mass is 446 g/mol. The van der Waals surface area contributed by atoms with E-state index >= 15 is 0 Å². The van der Waals surface area contributed by atoms with Crippen molar-refractivity contribution in [2.45, 2.75) is 51.6 Å². The predicted molar refractivity (Wildman–Crippen MR) is 121 cm³/mol. The molecular weight excluding hydrogens is 419 g/mol. The zero-order chi connectivity index (χ0) is 22.9. The summed E-state index contributed by atoms with van der Waals surface area (Å²) in [5.41, 5.74) is 3.08. The molecule has 1 atom stereocenters. The van der Waals surface area contributed by atoms with Gasteiger partial charge in [-0.1, -0.05) is 18.2 Å². The molecule has 0 radical (unpaired) electrons. The van der Waals surface area contributed by atoms with Gasteiger partial charge in [0.1, 0.15) is 5.82 Å². The van der Waals surface area contributed by atoms with Gasteiger partial charge in [-0.15, -0.1) is 0 Å². The third kappa shape index (κ3) is 4.23. The number of amides is 1. The molecule has 6 nitrogen and oxygen atoms in total. The van der Waals surface area contributed by atoms with E-state index in [4.69, 9.17) is 15.2 Å². The first-order valence-electron chi connectivity index (χ1n) is 11.6. The third-order valence-corrected chi connectivity index (χ3v) is 7.03. The van der Waals surface area contributed by atoms with E-state index in [0.29, 0.717) is 24.5 Å². The minimum absolute atomic E-state index is 0.0286. The number of benzene rings is 2. The normalized spacial score (nSPS) is 23.1. The molecule has 0 bridgehead atoms. The molecule has 7 heteroatoms. The van der Waals surface area contributed by atoms with Crippen molar-refractivity contribution in [3.05, 3.63) is 65.1 Å². The number of rotatable bonds is 4. The van der Waals surface area contributed by atoms with Crippen LogP contribution < -0.4 is 0 Å². The van der Waals surface area contributed by atoms with Gasteiger partial charge in [0.2, 0.25) is 5.91 Å². The van der Waals surface area contributed by atoms with Crippen molar-refractivity contribution >= 4 is 16.8 Å². The zero-order valence-electron chi connectivity index (χ0n) is 18.7. The van der Waals surface area contributed by atoms with E-state index in [2.05, 4.69) is 16.8 Å². The maximum atomic E-state index is 14.0. The Morgan fingerprint density at radius 3 is 2.76 bits per heavy atom. The molecule has 1 aliphatic carbocycles. The van der Waals surface area contributed by atoms with Gasteiger partial charge in [-0.05, 0) is 68.4 Å². The fourth-order valence-electron chi connectivity index (χ4n) is 5.31. The summed E-state index contributed by atoms with van der Waals surface area (Å²) in [7, 11) is 0. The molecule has 170 valence electrons. The smallest absolute Gasteiger partial charge is 0.249 e. The van der Waals surface area contributed by atoms with Crippen molar-refractivity contribution in [3.8, 4) is 6.07 Å². The highest BCUT2D eigenvalue weighted by molar-refractivity contribution is 5.81. The summed E-state index contributed by atoms with van der Waals surface area (Å²) in [4.78, 5) is 19.0. The molecule has 2 heterocycles. The highest BCUT2D eigenvalue weighted by Crippen LogP contribution is 2.37. The topological polar surface area (TPSA) is 71.2 Å². The second-order valence-electron chi connectivity index (χ2n) is 9.19. The number of nitriles is 1. The molecule has 0 N–H and O–H groups in total. The maximum absolute atomic E-state index is 14.0. The van der Waals surface area contributed by atoms with E-state index in [9.17, 15) is 9.18 Å². The van der Waals surface area contributed by atoms with E-state index in [1.54, 1.807) is 6.07 Å². The predicted octanol–water partition coefficient (Wildman–Crippen LogP) is 5.07. The largest absolute Gasteiger partial charge is 0.272 e. The van der Waals surface area contributed by atoms with Crippen LogP contribution >= 0.6 is 0 Å². The Hall–Kier alpha value is -3.24. The van der Waals surface area contributed by atoms with Gasteiger partial charge in [0.15, 0.2) is 0 Å². The van der Waals surface area contributed by atoms with Crippen molar-refractivity contribution in [2.24, 2.45) is 11.8 Å². The second-order valence-corrected chi connectivity index (χ2v) is 9.19. The van der Waals surface area contributed by atoms with Crippen LogP contribution in [0.3, 0.4) is 0 Å². The number of para-hydroxylation sites is 1. The van der Waals surface area contributed by atoms with Crippen molar-refractivity contribution in [1.82, 2.24) is 14.8 Å². The van der Waals surface area contributed by atoms with Crippen LogP contribution in [0, 0.1) is 35.9 Å². The number of halogens is 1. The van der Waals surface area contributed by atoms with E-state index in [1.165, 1.54) is 22.6 Å². The SMILES string of the molecule is Cc1nn(CC2CCC(C(=O)N3OCC[C@H]3c3cc(F)cc(C#N)c3)CC2)c2ccccc12. The summed E-state index contributed by atoms with van der Waals surface area (Å²) in [6, 6.07) is 14.2. The number of hydrogen-bond acceptors (Lipinski definition) is 4. The molecular formula is C26H27FN4O2. The van der Waals surface area contributed by atoms with Crippen LogP contribution in [0.5, 0.6) is 0 Å². The number of aromatic nitrogens is 2. The molecule has 0 unspecified atom stereocenters. The van der Waals surface area contributed by atoms with Gasteiger partial charge in [-0.3, -0.25) is 14.3 Å². The summed E-state index contributed by atoms with van der Waals surface area (Å²) in [6.07, 6.45) is 4.13. The highest BCUT2D eigenvalue weighted by Gasteiger charge is 2.37. The van der Waals surface area contributed by atoms with Crippen LogP contribution in [0.1, 0.15) is 55.0 Å². The fourth-order valence-corrected chi connectivity index (χ4v) is 5.31. The number of carbonyl (C=O) groups excluding carboxylic acids is 1. The number of hydrogen-bond donors (Lipinski definition) is 0. The first kappa shape index (κ1) is 21.6. The molecule has 1 aliphatic heterocycles. The van der Waals surface area contributed by atoms with Gasteiger partial charge < -0.3 is 0 Å². The van der Waals surface area contributed by atoms with Crippen LogP contribution in [-0.2, 0) is 16.2 Å². The van der Waals surface area contributed by atoms with Gasteiger partial charge >= 0.3 is 0 Å². The fraction of sp³-hybridized carbons (Fsp3) is 0.423. The molecule has 2 fully saturated rings. The van der Waals surface area contributed by atoms with Crippen molar-refractivity contribution < 1.29 is 14.0 Å². The summed E-state index contributed by atoms with van der Waals surface area (Å²) in [5, 5.41) is 16.5. The standard InChI is InChI=1S/C26H27FN4O2/c1-17-23-4-2-3-5-25(23)30(29-17)16-18-6-8-20(9-7-18)26(32)31-24(10-11-33-31)21-12-19(15-28)13-22(27)14-21/h2-5,12-14,18,20,24H,6-11,16H2,1H3/t18?,20?,24-/m0/s1. The number of fused-ring (bicyclic) bond motifs is 1. The lowest BCUT2D eigenvalue weighted by Gasteiger charge is -2.32. The van der Waals surface area contributed by atoms with Crippen molar-refractivity contribution in [3.63, 3.8) is 0 Å². The van der Waals surface area contributed by atoms with E-state index in [-0.39, 0.29) is 23.4 Å². The second kappa shape index (κ2) is 8.95. The molecule has 5 rings (SSSR count). The number of hydroxylamine groups is 2. The Kier molecular flexibility index (Phi) is 5.86. The van der Waals surface area contributed by atoms with Crippen LogP contribution in [0.4, 0.5) is 4.39 Å². The number of aryl methyl sites for hydroxylation is 1. The lowest BCUT2D eigenvalue weighted by molar-refractivity contribution is -0.183. The van der Waals surface area contributed by atoms with Crippen LogP contribution in [0.2, 0.25) is 0 Å². The molecule has 1 amide bonds. The first-order chi connectivity index (χ1) is 16.0. The lowest BCUT2D eigenvalue weighted by Crippen LogP contribution is -2.37. The van der Waals surface area contributed by atoms with Gasteiger partial charge in [0, 0.05) is 24.3 Å². The molecule has 1 aromatic heterocycles. The van der Waals surface area contributed by atoms with E-state index in [1.807, 2.05) is 25.1 Å². The quantitative estimate of drug-likeness (QED) is 0.561. The minimum atomic E-state index is -0.467. The molecule has 2 aromatic carbocycles. The van der Waals surface area contributed by atoms with E-state index in [0.717, 1.165) is 43.4 Å². The van der Waals surface area contributed by atoms with Gasteiger partial charge in [-0.25, -0.2) is 9.45 Å². The lowest BCUT2D eigenvalue weighted by atomic mass is 9.81. The summed E-state index contributed by atoms with van der Waals surface area (Å²) >= 11 is 0. The molecule has 0 spiro atoms. The van der Waals surface area contributed by atoms with Gasteiger partial charge in [0.25, 0.3) is 0 Å². The average Bonchev–Trinajstić information content (AvgIpc) is 3.44. The summed E-state index contributed by atoms with van der Waals surface area (Å²) < 4.78 is 16.1. The third-order valence-electron chi connectivity index (χ3n) is 7.03. The highest BCUT2D eigenvalue weighted by atomic mass is 19.1. The number of carbonyl (C=O) groups is 1. The zero-order valence-corrected chi connectivity index (χ0v) is 18.7. The Morgan fingerprint density at radius 1 is 1.18 bits per heavy atom. The Morgan fingerprint density at radius 2 is 1.97 bits per heavy atom. The summed E-state index contributed by atoms with van der Waals surface area (Å²) in [6.45, 7) is 3.31. The number of nitrogens with zero attached hydrogens (tertiary/aromatic N) is 4. The molecule has 1 saturated heterocycles. The Bertz CT molecular complexity index is 1220. The Labute approximate surface area is 192 Å². The van der Waals surface area contributed by atoms with Crippen LogP contribution in [0.25, 0.3) is 10.9 Å². The van der Waals surface area contributed by atoms with Crippen molar-refractivity contribution in [2.75, 3.05) is 6.61 Å². The van der Waals surface area contributed by atoms with Crippen molar-refractivity contribution in [1.29, 1.82) is 5.26 Å². The molecule has 2 aliphatic rings. The van der Waals surface area contributed by atoms with E-state index < -0.39 is 5.82 Å². The summed E-state index contributed by atoms with van der Waals surface area (Å²) in [5.74, 6) is -0.111. The molecule has 33 heavy (non-hydrogen) atoms.